The third kappa shape index (κ3) is 4.15. The Morgan fingerprint density at radius 1 is 1.30 bits per heavy atom. The summed E-state index contributed by atoms with van der Waals surface area (Å²) in [5.74, 6) is 1.19. The Bertz CT molecular complexity index is 1070. The summed E-state index contributed by atoms with van der Waals surface area (Å²) in [7, 11) is 0. The smallest absolute Gasteiger partial charge is 0.258 e. The molecule has 4 rings (SSSR count). The fourth-order valence-electron chi connectivity index (χ4n) is 3.49. The minimum absolute atomic E-state index is 0.302. The molecule has 3 aromatic rings. The van der Waals surface area contributed by atoms with Gasteiger partial charge in [-0.3, -0.25) is 0 Å². The largest absolute Gasteiger partial charge is 0.351 e. The number of allylic oxidation sites excluding steroid dienone is 1. The van der Waals surface area contributed by atoms with Gasteiger partial charge in [-0.1, -0.05) is 37.2 Å². The summed E-state index contributed by atoms with van der Waals surface area (Å²) in [6.07, 6.45) is 0.987. The van der Waals surface area contributed by atoms with Crippen molar-refractivity contribution in [2.75, 3.05) is 6.54 Å². The molecule has 2 aromatic heterocycles. The van der Waals surface area contributed by atoms with E-state index >= 15 is 0 Å². The van der Waals surface area contributed by atoms with Crippen LogP contribution >= 0.6 is 23.6 Å². The molecule has 1 N–H and O–H groups in total. The van der Waals surface area contributed by atoms with E-state index < -0.39 is 0 Å². The molecule has 1 aliphatic heterocycles. The Balaban J connectivity index is 1.79. The van der Waals surface area contributed by atoms with Gasteiger partial charge in [0.05, 0.1) is 16.5 Å². The van der Waals surface area contributed by atoms with Crippen LogP contribution in [0, 0.1) is 11.7 Å². The molecule has 156 valence electrons. The summed E-state index contributed by atoms with van der Waals surface area (Å²) >= 11 is 7.21. The van der Waals surface area contributed by atoms with E-state index in [4.69, 9.17) is 16.7 Å². The maximum atomic E-state index is 14.0. The molecule has 0 fully saturated rings. The van der Waals surface area contributed by atoms with E-state index in [1.165, 1.54) is 12.1 Å². The van der Waals surface area contributed by atoms with Crippen molar-refractivity contribution in [2.24, 2.45) is 5.92 Å². The van der Waals surface area contributed by atoms with Crippen LogP contribution in [-0.2, 0) is 0 Å². The Kier molecular flexibility index (Phi) is 5.97. The minimum atomic E-state index is -0.375. The van der Waals surface area contributed by atoms with Gasteiger partial charge >= 0.3 is 0 Å². The molecule has 0 bridgehead atoms. The average molecular weight is 443 g/mol. The van der Waals surface area contributed by atoms with Gasteiger partial charge < -0.3 is 14.7 Å². The number of hydrogen-bond acceptors (Lipinski definition) is 5. The number of thiocarbonyl (C=S) groups is 1. The van der Waals surface area contributed by atoms with Crippen LogP contribution in [0.15, 0.2) is 52.0 Å². The van der Waals surface area contributed by atoms with E-state index in [1.54, 1.807) is 17.4 Å². The van der Waals surface area contributed by atoms with Crippen LogP contribution in [0.1, 0.15) is 44.7 Å². The highest BCUT2D eigenvalue weighted by Crippen LogP contribution is 2.38. The first-order valence-electron chi connectivity index (χ1n) is 9.86. The third-order valence-corrected chi connectivity index (χ3v) is 6.31. The summed E-state index contributed by atoms with van der Waals surface area (Å²) in [6.45, 7) is 7.15. The zero-order chi connectivity index (χ0) is 21.3. The number of thiophene rings is 1. The third-order valence-electron chi connectivity index (χ3n) is 5.11. The highest BCUT2D eigenvalue weighted by molar-refractivity contribution is 7.80. The molecule has 1 atom stereocenters. The first-order valence-corrected chi connectivity index (χ1v) is 11.1. The van der Waals surface area contributed by atoms with Crippen molar-refractivity contribution < 1.29 is 8.91 Å². The molecule has 0 spiro atoms. The number of hydrogen-bond donors (Lipinski definition) is 1. The highest BCUT2D eigenvalue weighted by Gasteiger charge is 2.34. The number of rotatable bonds is 6. The van der Waals surface area contributed by atoms with E-state index in [0.29, 0.717) is 22.7 Å². The molecule has 1 unspecified atom stereocenters. The zero-order valence-corrected chi connectivity index (χ0v) is 18.7. The monoisotopic (exact) mass is 442 g/mol. The zero-order valence-electron chi connectivity index (χ0n) is 17.1. The standard InChI is InChI=1S/C22H23FN4OS2/c1-13(2)9-10-27-14(3)18(21-25-20(26-28-21)17-8-5-11-30-17)19(24-22(27)29)15-6-4-7-16(23)12-15/h4-8,11-13,19H,9-10H2,1-3H3,(H,24,29). The van der Waals surface area contributed by atoms with Crippen molar-refractivity contribution in [3.63, 3.8) is 0 Å². The van der Waals surface area contributed by atoms with E-state index in [9.17, 15) is 4.39 Å². The van der Waals surface area contributed by atoms with E-state index in [2.05, 4.69) is 34.2 Å². The molecule has 1 aromatic carbocycles. The number of nitrogens with one attached hydrogen (secondary N) is 1. The number of benzene rings is 1. The van der Waals surface area contributed by atoms with Gasteiger partial charge in [-0.25, -0.2) is 4.39 Å². The predicted octanol–water partition coefficient (Wildman–Crippen LogP) is 5.65. The Labute approximate surface area is 184 Å². The molecule has 0 radical (unpaired) electrons. The lowest BCUT2D eigenvalue weighted by Crippen LogP contribution is -2.46. The van der Waals surface area contributed by atoms with Crippen LogP contribution in [0.3, 0.4) is 0 Å². The molecule has 0 saturated carbocycles. The van der Waals surface area contributed by atoms with E-state index in [-0.39, 0.29) is 11.9 Å². The van der Waals surface area contributed by atoms with E-state index in [0.717, 1.165) is 34.7 Å². The maximum absolute atomic E-state index is 14.0. The van der Waals surface area contributed by atoms with Gasteiger partial charge in [0, 0.05) is 12.2 Å². The molecule has 8 heteroatoms. The van der Waals surface area contributed by atoms with Crippen LogP contribution in [0.25, 0.3) is 16.3 Å². The quantitative estimate of drug-likeness (QED) is 0.498. The lowest BCUT2D eigenvalue weighted by Gasteiger charge is -2.37. The Morgan fingerprint density at radius 3 is 2.83 bits per heavy atom. The van der Waals surface area contributed by atoms with Crippen molar-refractivity contribution in [3.8, 4) is 10.7 Å². The lowest BCUT2D eigenvalue weighted by atomic mass is 9.94. The van der Waals surface area contributed by atoms with Crippen LogP contribution in [0.5, 0.6) is 0 Å². The predicted molar refractivity (Wildman–Crippen MR) is 121 cm³/mol. The molecule has 5 nitrogen and oxygen atoms in total. The molecule has 0 saturated heterocycles. The first kappa shape index (κ1) is 20.7. The number of halogens is 1. The SMILES string of the molecule is CC1=C(c2nc(-c3cccs3)no2)C(c2cccc(F)c2)NC(=S)N1CCC(C)C. The second-order valence-electron chi connectivity index (χ2n) is 7.67. The van der Waals surface area contributed by atoms with Gasteiger partial charge in [0.1, 0.15) is 5.82 Å². The van der Waals surface area contributed by atoms with Gasteiger partial charge in [-0.15, -0.1) is 11.3 Å². The van der Waals surface area contributed by atoms with Gasteiger partial charge in [0.2, 0.25) is 5.82 Å². The second-order valence-corrected chi connectivity index (χ2v) is 9.01. The van der Waals surface area contributed by atoms with Crippen molar-refractivity contribution in [1.29, 1.82) is 0 Å². The second kappa shape index (κ2) is 8.65. The van der Waals surface area contributed by atoms with Crippen LogP contribution in [-0.4, -0.2) is 26.7 Å². The fourth-order valence-corrected chi connectivity index (χ4v) is 4.49. The summed E-state index contributed by atoms with van der Waals surface area (Å²) in [4.78, 5) is 7.65. The lowest BCUT2D eigenvalue weighted by molar-refractivity contribution is 0.390. The van der Waals surface area contributed by atoms with E-state index in [1.807, 2.05) is 30.5 Å². The average Bonchev–Trinajstić information content (AvgIpc) is 3.39. The molecule has 30 heavy (non-hydrogen) atoms. The van der Waals surface area contributed by atoms with Crippen molar-refractivity contribution in [1.82, 2.24) is 20.4 Å². The number of nitrogens with zero attached hydrogens (tertiary/aromatic N) is 3. The molecule has 0 amide bonds. The summed E-state index contributed by atoms with van der Waals surface area (Å²) in [5, 5.41) is 10.1. The molecule has 0 aliphatic carbocycles. The van der Waals surface area contributed by atoms with Crippen LogP contribution in [0.4, 0.5) is 4.39 Å². The fraction of sp³-hybridized carbons (Fsp3) is 0.318. The van der Waals surface area contributed by atoms with Gasteiger partial charge in [-0.2, -0.15) is 4.98 Å². The summed E-state index contributed by atoms with van der Waals surface area (Å²) < 4.78 is 19.7. The Hall–Kier alpha value is -2.58. The van der Waals surface area contributed by atoms with Crippen LogP contribution < -0.4 is 5.32 Å². The first-order chi connectivity index (χ1) is 14.4. The summed E-state index contributed by atoms with van der Waals surface area (Å²) in [6, 6.07) is 10.0. The molecular formula is C22H23FN4OS2. The van der Waals surface area contributed by atoms with Gasteiger partial charge in [-0.05, 0) is 60.6 Å². The van der Waals surface area contributed by atoms with Crippen molar-refractivity contribution >= 4 is 34.2 Å². The topological polar surface area (TPSA) is 54.2 Å². The summed E-state index contributed by atoms with van der Waals surface area (Å²) in [5.41, 5.74) is 2.51. The van der Waals surface area contributed by atoms with Gasteiger partial charge in [0.25, 0.3) is 5.89 Å². The molecular weight excluding hydrogens is 419 g/mol. The number of aromatic nitrogens is 2. The minimum Gasteiger partial charge on any atom is -0.351 e. The highest BCUT2D eigenvalue weighted by atomic mass is 32.1. The maximum Gasteiger partial charge on any atom is 0.258 e. The van der Waals surface area contributed by atoms with Crippen LogP contribution in [0.2, 0.25) is 0 Å². The van der Waals surface area contributed by atoms with Crippen molar-refractivity contribution in [3.05, 3.63) is 64.7 Å². The van der Waals surface area contributed by atoms with Gasteiger partial charge in [0.15, 0.2) is 5.11 Å². The molecule has 3 heterocycles. The van der Waals surface area contributed by atoms with Crippen molar-refractivity contribution in [2.45, 2.75) is 33.2 Å². The molecule has 1 aliphatic rings. The normalized spacial score (nSPS) is 17.0. The Morgan fingerprint density at radius 2 is 2.13 bits per heavy atom.